The van der Waals surface area contributed by atoms with E-state index in [-0.39, 0.29) is 24.0 Å². The van der Waals surface area contributed by atoms with Gasteiger partial charge in [-0.05, 0) is 31.6 Å². The van der Waals surface area contributed by atoms with Crippen LogP contribution in [0.2, 0.25) is 0 Å². The highest BCUT2D eigenvalue weighted by atomic mass is 16.6. The topological polar surface area (TPSA) is 58.6 Å². The molecule has 0 spiro atoms. The van der Waals surface area contributed by atoms with Gasteiger partial charge >= 0.3 is 6.09 Å². The van der Waals surface area contributed by atoms with Gasteiger partial charge in [-0.1, -0.05) is 19.8 Å². The molecule has 1 saturated heterocycles. The Hall–Kier alpha value is -1.26. The molecule has 0 aromatic carbocycles. The van der Waals surface area contributed by atoms with Gasteiger partial charge in [0.1, 0.15) is 6.10 Å². The van der Waals surface area contributed by atoms with Gasteiger partial charge < -0.3 is 15.0 Å². The number of hydrogen-bond donors (Lipinski definition) is 1. The third kappa shape index (κ3) is 2.91. The van der Waals surface area contributed by atoms with Gasteiger partial charge in [0, 0.05) is 12.0 Å². The van der Waals surface area contributed by atoms with Crippen LogP contribution in [0.4, 0.5) is 4.79 Å². The van der Waals surface area contributed by atoms with Crippen molar-refractivity contribution in [1.82, 2.24) is 10.2 Å². The largest absolute Gasteiger partial charge is 0.442 e. The van der Waals surface area contributed by atoms with Crippen LogP contribution in [0.15, 0.2) is 0 Å². The normalized spacial score (nSPS) is 28.6. The standard InChI is InChI=1S/C15H24N2O3/c1-10(11-4-2-3-5-11)14(18)16-8-13-9-17(12-6-7-12)15(19)20-13/h10-13H,2-9H2,1H3,(H,16,18). The Morgan fingerprint density at radius 2 is 2.05 bits per heavy atom. The lowest BCUT2D eigenvalue weighted by atomic mass is 9.92. The van der Waals surface area contributed by atoms with E-state index in [1.807, 2.05) is 6.92 Å². The third-order valence-corrected chi connectivity index (χ3v) is 4.91. The molecule has 2 aliphatic carbocycles. The summed E-state index contributed by atoms with van der Waals surface area (Å²) >= 11 is 0. The average Bonchev–Trinajstić information content (AvgIpc) is 3.00. The van der Waals surface area contributed by atoms with E-state index >= 15 is 0 Å². The predicted molar refractivity (Wildman–Crippen MR) is 74.1 cm³/mol. The fraction of sp³-hybridized carbons (Fsp3) is 0.867. The van der Waals surface area contributed by atoms with Crippen molar-refractivity contribution in [2.75, 3.05) is 13.1 Å². The Morgan fingerprint density at radius 3 is 2.70 bits per heavy atom. The summed E-state index contributed by atoms with van der Waals surface area (Å²) in [7, 11) is 0. The summed E-state index contributed by atoms with van der Waals surface area (Å²) in [5, 5.41) is 2.96. The number of nitrogens with one attached hydrogen (secondary N) is 1. The van der Waals surface area contributed by atoms with Gasteiger partial charge in [-0.2, -0.15) is 0 Å². The highest BCUT2D eigenvalue weighted by molar-refractivity contribution is 5.78. The number of nitrogens with zero attached hydrogens (tertiary/aromatic N) is 1. The molecule has 1 N–H and O–H groups in total. The van der Waals surface area contributed by atoms with Crippen LogP contribution < -0.4 is 5.32 Å². The molecule has 1 aliphatic heterocycles. The van der Waals surface area contributed by atoms with Crippen molar-refractivity contribution in [2.45, 2.75) is 57.6 Å². The first-order chi connectivity index (χ1) is 9.65. The molecular weight excluding hydrogens is 256 g/mol. The van der Waals surface area contributed by atoms with E-state index < -0.39 is 0 Å². The van der Waals surface area contributed by atoms with E-state index in [2.05, 4.69) is 5.32 Å². The average molecular weight is 280 g/mol. The first kappa shape index (κ1) is 13.7. The molecule has 5 heteroatoms. The number of hydrogen-bond acceptors (Lipinski definition) is 3. The van der Waals surface area contributed by atoms with Crippen molar-refractivity contribution in [2.24, 2.45) is 11.8 Å². The summed E-state index contributed by atoms with van der Waals surface area (Å²) < 4.78 is 5.30. The zero-order valence-electron chi connectivity index (χ0n) is 12.1. The lowest BCUT2D eigenvalue weighted by molar-refractivity contribution is -0.126. The van der Waals surface area contributed by atoms with E-state index in [1.165, 1.54) is 25.7 Å². The van der Waals surface area contributed by atoms with Crippen LogP contribution in [0.3, 0.4) is 0 Å². The molecule has 3 fully saturated rings. The van der Waals surface area contributed by atoms with Crippen LogP contribution in [0.25, 0.3) is 0 Å². The number of ether oxygens (including phenoxy) is 1. The van der Waals surface area contributed by atoms with Crippen LogP contribution in [0.5, 0.6) is 0 Å². The van der Waals surface area contributed by atoms with Gasteiger partial charge in [0.05, 0.1) is 13.1 Å². The summed E-state index contributed by atoms with van der Waals surface area (Å²) in [5.41, 5.74) is 0. The molecule has 2 saturated carbocycles. The summed E-state index contributed by atoms with van der Waals surface area (Å²) in [6.45, 7) is 3.09. The molecule has 112 valence electrons. The molecule has 2 atom stereocenters. The van der Waals surface area contributed by atoms with E-state index in [1.54, 1.807) is 4.90 Å². The van der Waals surface area contributed by atoms with Gasteiger partial charge in [-0.3, -0.25) is 4.79 Å². The Labute approximate surface area is 120 Å². The fourth-order valence-corrected chi connectivity index (χ4v) is 3.38. The molecule has 0 bridgehead atoms. The molecule has 1 heterocycles. The first-order valence-electron chi connectivity index (χ1n) is 7.90. The Bertz CT molecular complexity index is 389. The first-order valence-corrected chi connectivity index (χ1v) is 7.90. The number of carbonyl (C=O) groups is 2. The van der Waals surface area contributed by atoms with Crippen LogP contribution in [0, 0.1) is 11.8 Å². The second-order valence-electron chi connectivity index (χ2n) is 6.47. The maximum atomic E-state index is 12.1. The molecule has 5 nitrogen and oxygen atoms in total. The van der Waals surface area contributed by atoms with Gasteiger partial charge in [-0.15, -0.1) is 0 Å². The lowest BCUT2D eigenvalue weighted by Gasteiger charge is -2.19. The zero-order chi connectivity index (χ0) is 14.1. The van der Waals surface area contributed by atoms with E-state index in [0.717, 1.165) is 12.8 Å². The minimum absolute atomic E-state index is 0.0779. The minimum atomic E-state index is -0.212. The predicted octanol–water partition coefficient (Wildman–Crippen LogP) is 1.91. The maximum Gasteiger partial charge on any atom is 0.410 e. The summed E-state index contributed by atoms with van der Waals surface area (Å²) in [6, 6.07) is 0.389. The van der Waals surface area contributed by atoms with Crippen LogP contribution >= 0.6 is 0 Å². The maximum absolute atomic E-state index is 12.1. The summed E-state index contributed by atoms with van der Waals surface area (Å²) in [5.74, 6) is 0.719. The number of carbonyl (C=O) groups excluding carboxylic acids is 2. The van der Waals surface area contributed by atoms with Crippen LogP contribution in [0.1, 0.15) is 45.4 Å². The van der Waals surface area contributed by atoms with Crippen molar-refractivity contribution in [3.63, 3.8) is 0 Å². The van der Waals surface area contributed by atoms with Crippen LogP contribution in [-0.2, 0) is 9.53 Å². The molecule has 3 rings (SSSR count). The van der Waals surface area contributed by atoms with Crippen molar-refractivity contribution < 1.29 is 14.3 Å². The Balaban J connectivity index is 1.42. The molecule has 20 heavy (non-hydrogen) atoms. The van der Waals surface area contributed by atoms with Crippen molar-refractivity contribution in [3.8, 4) is 0 Å². The van der Waals surface area contributed by atoms with Crippen LogP contribution in [-0.4, -0.2) is 42.1 Å². The van der Waals surface area contributed by atoms with E-state index in [9.17, 15) is 9.59 Å². The molecular formula is C15H24N2O3. The minimum Gasteiger partial charge on any atom is -0.442 e. The lowest BCUT2D eigenvalue weighted by Crippen LogP contribution is -2.39. The van der Waals surface area contributed by atoms with Gasteiger partial charge in [-0.25, -0.2) is 4.79 Å². The van der Waals surface area contributed by atoms with Gasteiger partial charge in [0.15, 0.2) is 0 Å². The highest BCUT2D eigenvalue weighted by Gasteiger charge is 2.41. The molecule has 0 radical (unpaired) electrons. The van der Waals surface area contributed by atoms with E-state index in [0.29, 0.717) is 25.0 Å². The number of cyclic esters (lactones) is 1. The summed E-state index contributed by atoms with van der Waals surface area (Å²) in [4.78, 5) is 25.6. The van der Waals surface area contributed by atoms with Gasteiger partial charge in [0.2, 0.25) is 5.91 Å². The van der Waals surface area contributed by atoms with E-state index in [4.69, 9.17) is 4.74 Å². The second kappa shape index (κ2) is 5.62. The zero-order valence-corrected chi connectivity index (χ0v) is 12.1. The SMILES string of the molecule is CC(C(=O)NCC1CN(C2CC2)C(=O)O1)C1CCCC1. The number of rotatable bonds is 5. The molecule has 0 aromatic heterocycles. The molecule has 2 unspecified atom stereocenters. The smallest absolute Gasteiger partial charge is 0.410 e. The van der Waals surface area contributed by atoms with Crippen molar-refractivity contribution >= 4 is 12.0 Å². The summed E-state index contributed by atoms with van der Waals surface area (Å²) in [6.07, 6.45) is 6.63. The third-order valence-electron chi connectivity index (χ3n) is 4.91. The van der Waals surface area contributed by atoms with Gasteiger partial charge in [0.25, 0.3) is 0 Å². The molecule has 0 aromatic rings. The number of amides is 2. The monoisotopic (exact) mass is 280 g/mol. The van der Waals surface area contributed by atoms with Crippen molar-refractivity contribution in [1.29, 1.82) is 0 Å². The molecule has 2 amide bonds. The fourth-order valence-electron chi connectivity index (χ4n) is 3.38. The van der Waals surface area contributed by atoms with Crippen molar-refractivity contribution in [3.05, 3.63) is 0 Å². The Kier molecular flexibility index (Phi) is 3.85. The molecule has 3 aliphatic rings. The quantitative estimate of drug-likeness (QED) is 0.837. The Morgan fingerprint density at radius 1 is 1.35 bits per heavy atom. The second-order valence-corrected chi connectivity index (χ2v) is 6.47. The highest BCUT2D eigenvalue weighted by Crippen LogP contribution is 2.32.